The standard InChI is InChI=1S/C14H16FN3S/c1-3-16-13-8-10(2)17-14(18-13)9-19-12-7-5-4-6-11(12)15/h4-8H,3,9H2,1-2H3,(H,16,17,18). The monoisotopic (exact) mass is 277 g/mol. The first-order valence-electron chi connectivity index (χ1n) is 6.15. The maximum Gasteiger partial charge on any atom is 0.141 e. The van der Waals surface area contributed by atoms with Gasteiger partial charge in [0.1, 0.15) is 17.5 Å². The Morgan fingerprint density at radius 2 is 2.05 bits per heavy atom. The first-order valence-corrected chi connectivity index (χ1v) is 7.13. The smallest absolute Gasteiger partial charge is 0.141 e. The zero-order chi connectivity index (χ0) is 13.7. The first kappa shape index (κ1) is 13.8. The van der Waals surface area contributed by atoms with E-state index in [-0.39, 0.29) is 5.82 Å². The van der Waals surface area contributed by atoms with Crippen LogP contribution in [-0.4, -0.2) is 16.5 Å². The van der Waals surface area contributed by atoms with Gasteiger partial charge in [-0.1, -0.05) is 12.1 Å². The molecule has 0 saturated heterocycles. The molecule has 100 valence electrons. The van der Waals surface area contributed by atoms with Gasteiger partial charge in [-0.3, -0.25) is 0 Å². The fourth-order valence-electron chi connectivity index (χ4n) is 1.67. The highest BCUT2D eigenvalue weighted by molar-refractivity contribution is 7.98. The summed E-state index contributed by atoms with van der Waals surface area (Å²) in [4.78, 5) is 9.39. The van der Waals surface area contributed by atoms with Gasteiger partial charge >= 0.3 is 0 Å². The molecule has 2 aromatic rings. The third kappa shape index (κ3) is 3.92. The van der Waals surface area contributed by atoms with E-state index in [1.807, 2.05) is 26.0 Å². The Kier molecular flexibility index (Phi) is 4.74. The largest absolute Gasteiger partial charge is 0.370 e. The molecule has 0 saturated carbocycles. The average Bonchev–Trinajstić information content (AvgIpc) is 2.37. The van der Waals surface area contributed by atoms with E-state index in [4.69, 9.17) is 0 Å². The summed E-state index contributed by atoms with van der Waals surface area (Å²) >= 11 is 1.41. The second-order valence-corrected chi connectivity index (χ2v) is 5.08. The van der Waals surface area contributed by atoms with Crippen LogP contribution in [0.4, 0.5) is 10.2 Å². The summed E-state index contributed by atoms with van der Waals surface area (Å²) in [7, 11) is 0. The van der Waals surface area contributed by atoms with Crippen molar-refractivity contribution >= 4 is 17.6 Å². The minimum Gasteiger partial charge on any atom is -0.370 e. The van der Waals surface area contributed by atoms with Crippen molar-refractivity contribution in [2.75, 3.05) is 11.9 Å². The molecule has 0 amide bonds. The molecule has 0 aliphatic rings. The number of thioether (sulfide) groups is 1. The van der Waals surface area contributed by atoms with Gasteiger partial charge in [0.15, 0.2) is 0 Å². The Morgan fingerprint density at radius 3 is 2.79 bits per heavy atom. The number of hydrogen-bond acceptors (Lipinski definition) is 4. The van der Waals surface area contributed by atoms with Crippen LogP contribution < -0.4 is 5.32 Å². The summed E-state index contributed by atoms with van der Waals surface area (Å²) in [5.74, 6) is 1.89. The number of nitrogens with zero attached hydrogens (tertiary/aromatic N) is 2. The van der Waals surface area contributed by atoms with Crippen LogP contribution in [0.2, 0.25) is 0 Å². The van der Waals surface area contributed by atoms with Gasteiger partial charge < -0.3 is 5.32 Å². The Hall–Kier alpha value is -1.62. The van der Waals surface area contributed by atoms with E-state index in [2.05, 4.69) is 15.3 Å². The third-order valence-electron chi connectivity index (χ3n) is 2.45. The minimum absolute atomic E-state index is 0.202. The van der Waals surface area contributed by atoms with Gasteiger partial charge in [0, 0.05) is 23.2 Å². The zero-order valence-electron chi connectivity index (χ0n) is 11.0. The molecular weight excluding hydrogens is 261 g/mol. The highest BCUT2D eigenvalue weighted by Gasteiger charge is 2.05. The van der Waals surface area contributed by atoms with Crippen molar-refractivity contribution in [1.29, 1.82) is 0 Å². The summed E-state index contributed by atoms with van der Waals surface area (Å²) < 4.78 is 13.5. The number of aryl methyl sites for hydroxylation is 1. The van der Waals surface area contributed by atoms with Gasteiger partial charge in [0.05, 0.1) is 5.75 Å². The summed E-state index contributed by atoms with van der Waals surface area (Å²) in [6.45, 7) is 4.77. The van der Waals surface area contributed by atoms with Crippen LogP contribution in [0.25, 0.3) is 0 Å². The molecule has 1 heterocycles. The highest BCUT2D eigenvalue weighted by Crippen LogP contribution is 2.24. The summed E-state index contributed by atoms with van der Waals surface area (Å²) in [5, 5.41) is 3.16. The first-order chi connectivity index (χ1) is 9.19. The van der Waals surface area contributed by atoms with Crippen LogP contribution in [0.1, 0.15) is 18.4 Å². The van der Waals surface area contributed by atoms with E-state index in [0.29, 0.717) is 16.5 Å². The minimum atomic E-state index is -0.202. The number of aromatic nitrogens is 2. The number of halogens is 1. The lowest BCUT2D eigenvalue weighted by atomic mass is 10.3. The molecule has 0 spiro atoms. The van der Waals surface area contributed by atoms with Gasteiger partial charge in [0.25, 0.3) is 0 Å². The molecule has 1 N–H and O–H groups in total. The molecule has 0 fully saturated rings. The van der Waals surface area contributed by atoms with E-state index >= 15 is 0 Å². The maximum absolute atomic E-state index is 13.5. The predicted octanol–water partition coefficient (Wildman–Crippen LogP) is 3.65. The van der Waals surface area contributed by atoms with Crippen molar-refractivity contribution < 1.29 is 4.39 Å². The third-order valence-corrected chi connectivity index (χ3v) is 3.50. The molecule has 0 aliphatic heterocycles. The number of nitrogens with one attached hydrogen (secondary N) is 1. The van der Waals surface area contributed by atoms with Crippen LogP contribution in [0.15, 0.2) is 35.2 Å². The SMILES string of the molecule is CCNc1cc(C)nc(CSc2ccccc2F)n1. The molecule has 1 aromatic heterocycles. The lowest BCUT2D eigenvalue weighted by Gasteiger charge is -2.07. The Balaban J connectivity index is 2.09. The summed E-state index contributed by atoms with van der Waals surface area (Å²) in [6, 6.07) is 8.64. The Morgan fingerprint density at radius 1 is 1.26 bits per heavy atom. The van der Waals surface area contributed by atoms with Crippen molar-refractivity contribution in [3.8, 4) is 0 Å². The van der Waals surface area contributed by atoms with Gasteiger partial charge in [-0.2, -0.15) is 0 Å². The number of anilines is 1. The number of rotatable bonds is 5. The predicted molar refractivity (Wildman–Crippen MR) is 76.9 cm³/mol. The fraction of sp³-hybridized carbons (Fsp3) is 0.286. The van der Waals surface area contributed by atoms with E-state index in [1.165, 1.54) is 17.8 Å². The Bertz CT molecular complexity index is 560. The lowest BCUT2D eigenvalue weighted by molar-refractivity contribution is 0.602. The topological polar surface area (TPSA) is 37.8 Å². The molecule has 0 unspecified atom stereocenters. The van der Waals surface area contributed by atoms with Gasteiger partial charge in [-0.15, -0.1) is 11.8 Å². The molecule has 0 bridgehead atoms. The maximum atomic E-state index is 13.5. The van der Waals surface area contributed by atoms with Crippen LogP contribution >= 0.6 is 11.8 Å². The zero-order valence-corrected chi connectivity index (χ0v) is 11.8. The molecule has 0 radical (unpaired) electrons. The summed E-state index contributed by atoms with van der Waals surface area (Å²) in [6.07, 6.45) is 0. The van der Waals surface area contributed by atoms with Crippen LogP contribution in [-0.2, 0) is 5.75 Å². The summed E-state index contributed by atoms with van der Waals surface area (Å²) in [5.41, 5.74) is 0.912. The van der Waals surface area contributed by atoms with Crippen LogP contribution in [0.3, 0.4) is 0 Å². The fourth-order valence-corrected chi connectivity index (χ4v) is 2.46. The number of benzene rings is 1. The van der Waals surface area contributed by atoms with Gasteiger partial charge in [-0.25, -0.2) is 14.4 Å². The molecule has 0 atom stereocenters. The van der Waals surface area contributed by atoms with E-state index < -0.39 is 0 Å². The molecular formula is C14H16FN3S. The second-order valence-electron chi connectivity index (χ2n) is 4.06. The highest BCUT2D eigenvalue weighted by atomic mass is 32.2. The average molecular weight is 277 g/mol. The lowest BCUT2D eigenvalue weighted by Crippen LogP contribution is -2.04. The normalized spacial score (nSPS) is 10.5. The Labute approximate surface area is 116 Å². The van der Waals surface area contributed by atoms with E-state index in [0.717, 1.165) is 18.1 Å². The number of hydrogen-bond donors (Lipinski definition) is 1. The molecule has 0 aliphatic carbocycles. The van der Waals surface area contributed by atoms with Crippen molar-refractivity contribution in [2.24, 2.45) is 0 Å². The molecule has 3 nitrogen and oxygen atoms in total. The quantitative estimate of drug-likeness (QED) is 0.847. The van der Waals surface area contributed by atoms with E-state index in [9.17, 15) is 4.39 Å². The van der Waals surface area contributed by atoms with Crippen molar-refractivity contribution in [3.63, 3.8) is 0 Å². The molecule has 1 aromatic carbocycles. The molecule has 2 rings (SSSR count). The van der Waals surface area contributed by atoms with Crippen molar-refractivity contribution in [1.82, 2.24) is 9.97 Å². The second kappa shape index (κ2) is 6.52. The molecule has 19 heavy (non-hydrogen) atoms. The van der Waals surface area contributed by atoms with E-state index in [1.54, 1.807) is 12.1 Å². The van der Waals surface area contributed by atoms with Gasteiger partial charge in [0.2, 0.25) is 0 Å². The molecule has 5 heteroatoms. The van der Waals surface area contributed by atoms with Crippen LogP contribution in [0, 0.1) is 12.7 Å². The van der Waals surface area contributed by atoms with Crippen LogP contribution in [0.5, 0.6) is 0 Å². The van der Waals surface area contributed by atoms with Crippen molar-refractivity contribution in [2.45, 2.75) is 24.5 Å². The van der Waals surface area contributed by atoms with Gasteiger partial charge in [-0.05, 0) is 26.0 Å². The van der Waals surface area contributed by atoms with Crippen molar-refractivity contribution in [3.05, 3.63) is 47.7 Å².